The molecule has 1 aromatic carbocycles. The molecule has 0 amide bonds. The van der Waals surface area contributed by atoms with Gasteiger partial charge in [-0.25, -0.2) is 4.79 Å². The number of benzene rings is 1. The Hall–Kier alpha value is -2.52. The number of hydrogen-bond donors (Lipinski definition) is 1. The smallest absolute Gasteiger partial charge is 0.345 e. The van der Waals surface area contributed by atoms with Gasteiger partial charge in [0.1, 0.15) is 23.0 Å². The first kappa shape index (κ1) is 14.9. The van der Waals surface area contributed by atoms with Crippen molar-refractivity contribution >= 4 is 17.3 Å². The number of carboxylic acid groups (broad SMARTS) is 1. The van der Waals surface area contributed by atoms with Crippen LogP contribution in [0.3, 0.4) is 0 Å². The van der Waals surface area contributed by atoms with Gasteiger partial charge in [0.15, 0.2) is 0 Å². The second-order valence-electron chi connectivity index (χ2n) is 4.29. The van der Waals surface area contributed by atoms with Crippen LogP contribution in [0.1, 0.15) is 25.7 Å². The number of aryl methyl sites for hydroxylation is 1. The molecule has 0 aliphatic rings. The first-order valence-corrected chi connectivity index (χ1v) is 6.89. The Morgan fingerprint density at radius 1 is 1.33 bits per heavy atom. The fourth-order valence-corrected chi connectivity index (χ4v) is 2.63. The van der Waals surface area contributed by atoms with Gasteiger partial charge in [0.05, 0.1) is 18.7 Å². The summed E-state index contributed by atoms with van der Waals surface area (Å²) in [6.45, 7) is 2.09. The third kappa shape index (κ3) is 3.52. The van der Waals surface area contributed by atoms with Crippen LogP contribution >= 0.6 is 11.3 Å². The van der Waals surface area contributed by atoms with Crippen LogP contribution in [0.2, 0.25) is 0 Å². The molecule has 1 heterocycles. The molecule has 6 heteroatoms. The fourth-order valence-electron chi connectivity index (χ4n) is 1.77. The Morgan fingerprint density at radius 3 is 2.62 bits per heavy atom. The highest BCUT2D eigenvalue weighted by Gasteiger charge is 2.12. The van der Waals surface area contributed by atoms with Gasteiger partial charge in [0, 0.05) is 16.5 Å². The van der Waals surface area contributed by atoms with Crippen LogP contribution in [0.25, 0.3) is 0 Å². The lowest BCUT2D eigenvalue weighted by molar-refractivity contribution is 0.0702. The summed E-state index contributed by atoms with van der Waals surface area (Å²) in [5.41, 5.74) is 1.26. The zero-order valence-corrected chi connectivity index (χ0v) is 12.4. The normalized spacial score (nSPS) is 9.95. The second kappa shape index (κ2) is 6.29. The molecule has 0 spiro atoms. The molecule has 0 bridgehead atoms. The maximum absolute atomic E-state index is 10.9. The minimum atomic E-state index is -0.942. The van der Waals surface area contributed by atoms with E-state index in [0.29, 0.717) is 17.1 Å². The van der Waals surface area contributed by atoms with E-state index in [1.54, 1.807) is 24.3 Å². The maximum Gasteiger partial charge on any atom is 0.345 e. The highest BCUT2D eigenvalue weighted by atomic mass is 32.1. The molecule has 2 aromatic rings. The van der Waals surface area contributed by atoms with Crippen LogP contribution in [0.4, 0.5) is 0 Å². The minimum Gasteiger partial charge on any atom is -0.497 e. The number of carboxylic acids is 1. The van der Waals surface area contributed by atoms with Crippen LogP contribution in [0, 0.1) is 18.3 Å². The summed E-state index contributed by atoms with van der Waals surface area (Å²) in [7, 11) is 1.52. The summed E-state index contributed by atoms with van der Waals surface area (Å²) in [6.07, 6.45) is 0. The van der Waals surface area contributed by atoms with E-state index >= 15 is 0 Å². The van der Waals surface area contributed by atoms with Crippen LogP contribution in [-0.2, 0) is 6.61 Å². The van der Waals surface area contributed by atoms with Crippen molar-refractivity contribution in [3.8, 4) is 17.6 Å². The molecule has 0 unspecified atom stereocenters. The molecule has 0 saturated heterocycles. The Bertz CT molecular complexity index is 715. The molecule has 0 atom stereocenters. The van der Waals surface area contributed by atoms with Crippen LogP contribution in [0.5, 0.6) is 11.5 Å². The molecule has 1 aromatic heterocycles. The maximum atomic E-state index is 10.9. The predicted octanol–water partition coefficient (Wildman–Crippen LogP) is 3.21. The molecule has 0 fully saturated rings. The van der Waals surface area contributed by atoms with Crippen molar-refractivity contribution in [1.29, 1.82) is 5.26 Å². The van der Waals surface area contributed by atoms with Crippen molar-refractivity contribution in [1.82, 2.24) is 0 Å². The Labute approximate surface area is 126 Å². The summed E-state index contributed by atoms with van der Waals surface area (Å²) in [5, 5.41) is 17.9. The molecule has 1 N–H and O–H groups in total. The van der Waals surface area contributed by atoms with Gasteiger partial charge in [-0.1, -0.05) is 0 Å². The lowest BCUT2D eigenvalue weighted by Gasteiger charge is -2.08. The minimum absolute atomic E-state index is 0.244. The number of aromatic carboxylic acids is 1. The second-order valence-corrected chi connectivity index (χ2v) is 5.55. The number of thiophene rings is 1. The number of hydrogen-bond acceptors (Lipinski definition) is 5. The quantitative estimate of drug-likeness (QED) is 0.917. The summed E-state index contributed by atoms with van der Waals surface area (Å²) < 4.78 is 10.7. The standard InChI is InChI=1S/C15H13NO4S/c1-9-11(5-14(21-9)15(17)18)8-20-13-4-10(7-16)3-12(6-13)19-2/h3-6H,8H2,1-2H3,(H,17,18). The third-order valence-corrected chi connectivity index (χ3v) is 3.95. The zero-order chi connectivity index (χ0) is 15.4. The van der Waals surface area contributed by atoms with Crippen molar-refractivity contribution in [3.63, 3.8) is 0 Å². The van der Waals surface area contributed by atoms with Gasteiger partial charge in [-0.3, -0.25) is 0 Å². The summed E-state index contributed by atoms with van der Waals surface area (Å²) >= 11 is 1.22. The molecule has 21 heavy (non-hydrogen) atoms. The topological polar surface area (TPSA) is 79.5 Å². The summed E-state index contributed by atoms with van der Waals surface area (Å²) in [5.74, 6) is 0.105. The van der Waals surface area contributed by atoms with E-state index in [1.165, 1.54) is 18.4 Å². The van der Waals surface area contributed by atoms with Crippen molar-refractivity contribution in [2.75, 3.05) is 7.11 Å². The first-order chi connectivity index (χ1) is 10.0. The van der Waals surface area contributed by atoms with Crippen molar-refractivity contribution in [2.24, 2.45) is 0 Å². The van der Waals surface area contributed by atoms with Gasteiger partial charge in [-0.05, 0) is 25.1 Å². The van der Waals surface area contributed by atoms with E-state index in [2.05, 4.69) is 0 Å². The van der Waals surface area contributed by atoms with Crippen LogP contribution < -0.4 is 9.47 Å². The average molecular weight is 303 g/mol. The number of rotatable bonds is 5. The van der Waals surface area contributed by atoms with E-state index in [9.17, 15) is 4.79 Å². The SMILES string of the molecule is COc1cc(C#N)cc(OCc2cc(C(=O)O)sc2C)c1. The van der Waals surface area contributed by atoms with Gasteiger partial charge in [0.25, 0.3) is 0 Å². The van der Waals surface area contributed by atoms with E-state index in [4.69, 9.17) is 19.8 Å². The number of ether oxygens (including phenoxy) is 2. The lowest BCUT2D eigenvalue weighted by atomic mass is 10.2. The molecule has 108 valence electrons. The molecule has 2 rings (SSSR count). The number of methoxy groups -OCH3 is 1. The monoisotopic (exact) mass is 303 g/mol. The Morgan fingerprint density at radius 2 is 2.05 bits per heavy atom. The van der Waals surface area contributed by atoms with E-state index in [0.717, 1.165) is 10.4 Å². The fraction of sp³-hybridized carbons (Fsp3) is 0.200. The lowest BCUT2D eigenvalue weighted by Crippen LogP contribution is -1.97. The first-order valence-electron chi connectivity index (χ1n) is 6.08. The highest BCUT2D eigenvalue weighted by Crippen LogP contribution is 2.26. The summed E-state index contributed by atoms with van der Waals surface area (Å²) in [4.78, 5) is 12.1. The van der Waals surface area contributed by atoms with Crippen LogP contribution in [-0.4, -0.2) is 18.2 Å². The van der Waals surface area contributed by atoms with Gasteiger partial charge < -0.3 is 14.6 Å². The van der Waals surface area contributed by atoms with Gasteiger partial charge in [0.2, 0.25) is 0 Å². The largest absolute Gasteiger partial charge is 0.497 e. The van der Waals surface area contributed by atoms with E-state index in [1.807, 2.05) is 13.0 Å². The molecule has 0 saturated carbocycles. The highest BCUT2D eigenvalue weighted by molar-refractivity contribution is 7.14. The molecule has 0 aliphatic heterocycles. The number of nitriles is 1. The van der Waals surface area contributed by atoms with Gasteiger partial charge in [-0.15, -0.1) is 11.3 Å². The molecular formula is C15H13NO4S. The van der Waals surface area contributed by atoms with E-state index in [-0.39, 0.29) is 11.5 Å². The van der Waals surface area contributed by atoms with Crippen molar-refractivity contribution in [3.05, 3.63) is 45.1 Å². The Balaban J connectivity index is 2.16. The van der Waals surface area contributed by atoms with Gasteiger partial charge in [-0.2, -0.15) is 5.26 Å². The predicted molar refractivity (Wildman–Crippen MR) is 78.1 cm³/mol. The molecular weight excluding hydrogens is 290 g/mol. The zero-order valence-electron chi connectivity index (χ0n) is 11.5. The third-order valence-electron chi connectivity index (χ3n) is 2.87. The molecule has 5 nitrogen and oxygen atoms in total. The molecule has 0 aliphatic carbocycles. The molecule has 0 radical (unpaired) electrons. The average Bonchev–Trinajstić information content (AvgIpc) is 2.86. The number of nitrogens with zero attached hydrogens (tertiary/aromatic N) is 1. The van der Waals surface area contributed by atoms with Crippen molar-refractivity contribution in [2.45, 2.75) is 13.5 Å². The van der Waals surface area contributed by atoms with Crippen LogP contribution in [0.15, 0.2) is 24.3 Å². The van der Waals surface area contributed by atoms with Gasteiger partial charge >= 0.3 is 5.97 Å². The van der Waals surface area contributed by atoms with E-state index < -0.39 is 5.97 Å². The van der Waals surface area contributed by atoms with Crippen molar-refractivity contribution < 1.29 is 19.4 Å². The Kier molecular flexibility index (Phi) is 4.45. The number of carbonyl (C=O) groups is 1. The summed E-state index contributed by atoms with van der Waals surface area (Å²) in [6, 6.07) is 8.55.